The highest BCUT2D eigenvalue weighted by Gasteiger charge is 2.20. The van der Waals surface area contributed by atoms with Gasteiger partial charge in [0.05, 0.1) is 4.90 Å². The number of ether oxygens (including phenoxy) is 1. The molecule has 1 aromatic carbocycles. The third-order valence-electron chi connectivity index (χ3n) is 3.80. The molecule has 0 unspecified atom stereocenters. The number of nitrogens with zero attached hydrogens (tertiary/aromatic N) is 1. The van der Waals surface area contributed by atoms with Gasteiger partial charge in [0.25, 0.3) is 0 Å². The number of aliphatic imine (C=N–C) groups is 1. The molecule has 0 saturated heterocycles. The first-order valence-electron chi connectivity index (χ1n) is 8.69. The Morgan fingerprint density at radius 3 is 2.50 bits per heavy atom. The first-order chi connectivity index (χ1) is 12.1. The molecule has 2 rings (SSSR count). The number of hydrogen-bond donors (Lipinski definition) is 3. The van der Waals surface area contributed by atoms with Gasteiger partial charge in [0, 0.05) is 39.9 Å². The monoisotopic (exact) mass is 496 g/mol. The van der Waals surface area contributed by atoms with Crippen molar-refractivity contribution in [3.05, 3.63) is 30.3 Å². The first kappa shape index (κ1) is 23.1. The molecule has 9 heteroatoms. The Bertz CT molecular complexity index is 637. The minimum Gasteiger partial charge on any atom is -0.381 e. The van der Waals surface area contributed by atoms with Crippen molar-refractivity contribution in [3.8, 4) is 0 Å². The highest BCUT2D eigenvalue weighted by atomic mass is 127. The number of benzene rings is 1. The number of rotatable bonds is 11. The van der Waals surface area contributed by atoms with Crippen molar-refractivity contribution in [1.29, 1.82) is 0 Å². The quantitative estimate of drug-likeness (QED) is 0.187. The van der Waals surface area contributed by atoms with Gasteiger partial charge in [0.2, 0.25) is 10.0 Å². The summed E-state index contributed by atoms with van der Waals surface area (Å²) in [6.07, 6.45) is 3.53. The molecule has 0 radical (unpaired) electrons. The van der Waals surface area contributed by atoms with Crippen LogP contribution in [0, 0.1) is 5.92 Å². The largest absolute Gasteiger partial charge is 0.381 e. The molecule has 0 heterocycles. The lowest BCUT2D eigenvalue weighted by Crippen LogP contribution is -2.41. The van der Waals surface area contributed by atoms with Crippen LogP contribution in [-0.2, 0) is 14.8 Å². The molecule has 7 nitrogen and oxygen atoms in total. The zero-order valence-electron chi connectivity index (χ0n) is 15.1. The Morgan fingerprint density at radius 2 is 1.85 bits per heavy atom. The second-order valence-electron chi connectivity index (χ2n) is 6.01. The van der Waals surface area contributed by atoms with Crippen LogP contribution in [0.5, 0.6) is 0 Å². The molecule has 1 aromatic rings. The van der Waals surface area contributed by atoms with Crippen LogP contribution in [0.4, 0.5) is 0 Å². The standard InChI is InChI=1S/C17H28N4O3S.HI/c1-18-17(19-10-5-13-24-14-15-8-9-15)20-11-12-21-25(22,23)16-6-3-2-4-7-16;/h2-4,6-7,15,21H,5,8-14H2,1H3,(H2,18,19,20);1H. The Balaban J connectivity index is 0.00000338. The summed E-state index contributed by atoms with van der Waals surface area (Å²) >= 11 is 0. The third kappa shape index (κ3) is 9.15. The van der Waals surface area contributed by atoms with Gasteiger partial charge in [-0.25, -0.2) is 13.1 Å². The lowest BCUT2D eigenvalue weighted by Gasteiger charge is -2.12. The van der Waals surface area contributed by atoms with Crippen molar-refractivity contribution in [3.63, 3.8) is 0 Å². The summed E-state index contributed by atoms with van der Waals surface area (Å²) in [5.74, 6) is 1.45. The Labute approximate surface area is 173 Å². The van der Waals surface area contributed by atoms with Crippen molar-refractivity contribution in [2.24, 2.45) is 10.9 Å². The molecule has 0 atom stereocenters. The summed E-state index contributed by atoms with van der Waals surface area (Å²) in [5, 5.41) is 6.27. The molecular weight excluding hydrogens is 467 g/mol. The van der Waals surface area contributed by atoms with E-state index in [4.69, 9.17) is 4.74 Å². The van der Waals surface area contributed by atoms with Crippen LogP contribution in [0.3, 0.4) is 0 Å². The zero-order valence-corrected chi connectivity index (χ0v) is 18.3. The van der Waals surface area contributed by atoms with E-state index in [0.717, 1.165) is 32.1 Å². The smallest absolute Gasteiger partial charge is 0.240 e. The van der Waals surface area contributed by atoms with E-state index in [1.165, 1.54) is 12.8 Å². The van der Waals surface area contributed by atoms with Crippen LogP contribution in [-0.4, -0.2) is 54.3 Å². The van der Waals surface area contributed by atoms with E-state index in [1.807, 2.05) is 0 Å². The highest BCUT2D eigenvalue weighted by molar-refractivity contribution is 14.0. The lowest BCUT2D eigenvalue weighted by atomic mass is 10.4. The number of hydrogen-bond acceptors (Lipinski definition) is 4. The molecular formula is C17H29IN4O3S. The molecule has 1 fully saturated rings. The van der Waals surface area contributed by atoms with Gasteiger partial charge in [-0.1, -0.05) is 18.2 Å². The van der Waals surface area contributed by atoms with E-state index in [0.29, 0.717) is 12.5 Å². The van der Waals surface area contributed by atoms with Crippen LogP contribution in [0.25, 0.3) is 0 Å². The summed E-state index contributed by atoms with van der Waals surface area (Å²) in [6.45, 7) is 3.12. The molecule has 148 valence electrons. The number of halogens is 1. The molecule has 0 aromatic heterocycles. The molecule has 3 N–H and O–H groups in total. The van der Waals surface area contributed by atoms with Crippen molar-refractivity contribution in [2.75, 3.05) is 39.9 Å². The van der Waals surface area contributed by atoms with Gasteiger partial charge in [-0.3, -0.25) is 4.99 Å². The molecule has 26 heavy (non-hydrogen) atoms. The summed E-state index contributed by atoms with van der Waals surface area (Å²) < 4.78 is 32.3. The maximum Gasteiger partial charge on any atom is 0.240 e. The van der Waals surface area contributed by atoms with Gasteiger partial charge >= 0.3 is 0 Å². The number of guanidine groups is 1. The summed E-state index contributed by atoms with van der Waals surface area (Å²) in [5.41, 5.74) is 0. The Hall–Kier alpha value is -0.910. The van der Waals surface area contributed by atoms with Gasteiger partial charge in [-0.15, -0.1) is 24.0 Å². The Kier molecular flexibility index (Phi) is 11.1. The SMILES string of the molecule is CN=C(NCCCOCC1CC1)NCCNS(=O)(=O)c1ccccc1.I. The van der Waals surface area contributed by atoms with E-state index >= 15 is 0 Å². The van der Waals surface area contributed by atoms with Crippen LogP contribution < -0.4 is 15.4 Å². The van der Waals surface area contributed by atoms with Gasteiger partial charge in [-0.2, -0.15) is 0 Å². The van der Waals surface area contributed by atoms with Gasteiger partial charge in [0.1, 0.15) is 0 Å². The second-order valence-corrected chi connectivity index (χ2v) is 7.78. The molecule has 1 aliphatic rings. The average molecular weight is 496 g/mol. The van der Waals surface area contributed by atoms with Crippen molar-refractivity contribution in [2.45, 2.75) is 24.2 Å². The minimum atomic E-state index is -3.46. The molecule has 0 amide bonds. The maximum absolute atomic E-state index is 12.1. The number of sulfonamides is 1. The Morgan fingerprint density at radius 1 is 1.15 bits per heavy atom. The van der Waals surface area contributed by atoms with Crippen LogP contribution >= 0.6 is 24.0 Å². The van der Waals surface area contributed by atoms with E-state index in [9.17, 15) is 8.42 Å². The fourth-order valence-corrected chi connectivity index (χ4v) is 3.24. The van der Waals surface area contributed by atoms with Crippen molar-refractivity contribution >= 4 is 40.0 Å². The fourth-order valence-electron chi connectivity index (χ4n) is 2.19. The van der Waals surface area contributed by atoms with Crippen LogP contribution in [0.2, 0.25) is 0 Å². The molecule has 0 spiro atoms. The predicted molar refractivity (Wildman–Crippen MR) is 115 cm³/mol. The van der Waals surface area contributed by atoms with Crippen molar-refractivity contribution in [1.82, 2.24) is 15.4 Å². The number of nitrogens with one attached hydrogen (secondary N) is 3. The van der Waals surface area contributed by atoms with Crippen LogP contribution in [0.15, 0.2) is 40.2 Å². The molecule has 1 saturated carbocycles. The van der Waals surface area contributed by atoms with E-state index in [1.54, 1.807) is 37.4 Å². The van der Waals surface area contributed by atoms with E-state index in [2.05, 4.69) is 20.3 Å². The van der Waals surface area contributed by atoms with Gasteiger partial charge in [-0.05, 0) is 37.3 Å². The third-order valence-corrected chi connectivity index (χ3v) is 5.27. The lowest BCUT2D eigenvalue weighted by molar-refractivity contribution is 0.123. The highest BCUT2D eigenvalue weighted by Crippen LogP contribution is 2.28. The van der Waals surface area contributed by atoms with Crippen molar-refractivity contribution < 1.29 is 13.2 Å². The normalized spacial score (nSPS) is 14.6. The molecule has 0 bridgehead atoms. The second kappa shape index (κ2) is 12.5. The summed E-state index contributed by atoms with van der Waals surface area (Å²) in [6, 6.07) is 8.33. The molecule has 0 aliphatic heterocycles. The topological polar surface area (TPSA) is 91.8 Å². The first-order valence-corrected chi connectivity index (χ1v) is 10.2. The summed E-state index contributed by atoms with van der Waals surface area (Å²) in [7, 11) is -1.77. The summed E-state index contributed by atoms with van der Waals surface area (Å²) in [4.78, 5) is 4.38. The van der Waals surface area contributed by atoms with Crippen LogP contribution in [0.1, 0.15) is 19.3 Å². The van der Waals surface area contributed by atoms with Gasteiger partial charge < -0.3 is 15.4 Å². The van der Waals surface area contributed by atoms with E-state index < -0.39 is 10.0 Å². The van der Waals surface area contributed by atoms with E-state index in [-0.39, 0.29) is 35.4 Å². The maximum atomic E-state index is 12.1. The minimum absolute atomic E-state index is 0. The predicted octanol–water partition coefficient (Wildman–Crippen LogP) is 1.56. The zero-order chi connectivity index (χ0) is 18.0. The van der Waals surface area contributed by atoms with Gasteiger partial charge in [0.15, 0.2) is 5.96 Å². The average Bonchev–Trinajstić information content (AvgIpc) is 3.44. The fraction of sp³-hybridized carbons (Fsp3) is 0.588. The molecule has 1 aliphatic carbocycles.